The van der Waals surface area contributed by atoms with E-state index in [0.29, 0.717) is 0 Å². The molecule has 6 heteroatoms. The van der Waals surface area contributed by atoms with Crippen LogP contribution < -0.4 is 0 Å². The third-order valence-corrected chi connectivity index (χ3v) is 2.00. The van der Waals surface area contributed by atoms with Crippen LogP contribution in [0, 0.1) is 0 Å². The normalized spacial score (nSPS) is 28.8. The minimum atomic E-state index is -1.11. The van der Waals surface area contributed by atoms with E-state index in [1.807, 2.05) is 0 Å². The molecule has 1 saturated heterocycles. The molecule has 1 rings (SSSR count). The molecule has 0 aromatic carbocycles. The van der Waals surface area contributed by atoms with Crippen LogP contribution in [0.15, 0.2) is 0 Å². The van der Waals surface area contributed by atoms with Crippen LogP contribution in [-0.2, 0) is 23.8 Å². The summed E-state index contributed by atoms with van der Waals surface area (Å²) in [4.78, 5) is 22.5. The topological polar surface area (TPSA) is 82.1 Å². The SMILES string of the molecule is COC(=O)[C@@H]1OC(C)(C)OC1C(=O)CO. The minimum absolute atomic E-state index is 0.601. The predicted octanol–water partition coefficient (Wildman–Crippen LogP) is -0.759. The van der Waals surface area contributed by atoms with Crippen LogP contribution in [-0.4, -0.2) is 48.6 Å². The van der Waals surface area contributed by atoms with Gasteiger partial charge in [-0.05, 0) is 13.8 Å². The molecule has 1 fully saturated rings. The molecule has 15 heavy (non-hydrogen) atoms. The fourth-order valence-electron chi connectivity index (χ4n) is 1.38. The van der Waals surface area contributed by atoms with Gasteiger partial charge in [-0.15, -0.1) is 0 Å². The van der Waals surface area contributed by atoms with E-state index in [1.165, 1.54) is 7.11 Å². The van der Waals surface area contributed by atoms with E-state index < -0.39 is 36.4 Å². The Hall–Kier alpha value is -0.980. The molecule has 1 heterocycles. The van der Waals surface area contributed by atoms with Gasteiger partial charge in [0.05, 0.1) is 7.11 Å². The molecule has 6 nitrogen and oxygen atoms in total. The zero-order chi connectivity index (χ0) is 11.6. The zero-order valence-electron chi connectivity index (χ0n) is 8.85. The Morgan fingerprint density at radius 1 is 1.33 bits per heavy atom. The Balaban J connectivity index is 2.83. The van der Waals surface area contributed by atoms with Crippen LogP contribution in [0.3, 0.4) is 0 Å². The maximum Gasteiger partial charge on any atom is 0.338 e. The third-order valence-electron chi connectivity index (χ3n) is 2.00. The number of aliphatic hydroxyl groups excluding tert-OH is 1. The number of Topliss-reactive ketones (excluding diaryl/α,β-unsaturated/α-hetero) is 1. The van der Waals surface area contributed by atoms with Gasteiger partial charge in [-0.25, -0.2) is 4.79 Å². The largest absolute Gasteiger partial charge is 0.467 e. The van der Waals surface area contributed by atoms with Crippen molar-refractivity contribution in [3.8, 4) is 0 Å². The first-order valence-corrected chi connectivity index (χ1v) is 4.48. The molecule has 86 valence electrons. The summed E-state index contributed by atoms with van der Waals surface area (Å²) in [6.45, 7) is 2.46. The molecule has 1 aliphatic heterocycles. The second kappa shape index (κ2) is 4.26. The van der Waals surface area contributed by atoms with Crippen molar-refractivity contribution in [3.05, 3.63) is 0 Å². The third kappa shape index (κ3) is 2.53. The molecular formula is C9H14O6. The zero-order valence-corrected chi connectivity index (χ0v) is 8.85. The second-order valence-corrected chi connectivity index (χ2v) is 3.62. The molecule has 0 bridgehead atoms. The Bertz CT molecular complexity index is 246. The molecule has 0 amide bonds. The van der Waals surface area contributed by atoms with E-state index in [9.17, 15) is 9.59 Å². The van der Waals surface area contributed by atoms with Crippen LogP contribution in [0.25, 0.3) is 0 Å². The van der Waals surface area contributed by atoms with Crippen molar-refractivity contribution in [2.75, 3.05) is 13.7 Å². The number of methoxy groups -OCH3 is 1. The van der Waals surface area contributed by atoms with Crippen molar-refractivity contribution in [2.45, 2.75) is 31.8 Å². The highest BCUT2D eigenvalue weighted by molar-refractivity contribution is 5.91. The number of hydrogen-bond donors (Lipinski definition) is 1. The Kier molecular flexibility index (Phi) is 3.43. The van der Waals surface area contributed by atoms with E-state index in [1.54, 1.807) is 13.8 Å². The minimum Gasteiger partial charge on any atom is -0.467 e. The van der Waals surface area contributed by atoms with Crippen molar-refractivity contribution in [1.82, 2.24) is 0 Å². The molecule has 0 spiro atoms. The van der Waals surface area contributed by atoms with Gasteiger partial charge in [0.15, 0.2) is 23.8 Å². The molecule has 1 aliphatic rings. The predicted molar refractivity (Wildman–Crippen MR) is 47.9 cm³/mol. The standard InChI is InChI=1S/C9H14O6/c1-9(2)14-6(5(11)4-10)7(15-9)8(12)13-3/h6-7,10H,4H2,1-3H3/t6?,7-/m1/s1. The lowest BCUT2D eigenvalue weighted by Crippen LogP contribution is -2.39. The lowest BCUT2D eigenvalue weighted by Gasteiger charge is -2.15. The number of aliphatic hydroxyl groups is 1. The maximum atomic E-state index is 11.3. The van der Waals surface area contributed by atoms with Crippen LogP contribution in [0.2, 0.25) is 0 Å². The Morgan fingerprint density at radius 3 is 2.33 bits per heavy atom. The van der Waals surface area contributed by atoms with Crippen molar-refractivity contribution in [1.29, 1.82) is 0 Å². The van der Waals surface area contributed by atoms with Crippen molar-refractivity contribution < 1.29 is 28.9 Å². The van der Waals surface area contributed by atoms with Crippen molar-refractivity contribution in [3.63, 3.8) is 0 Å². The monoisotopic (exact) mass is 218 g/mol. The van der Waals surface area contributed by atoms with E-state index in [0.717, 1.165) is 0 Å². The van der Waals surface area contributed by atoms with Gasteiger partial charge in [0.2, 0.25) is 0 Å². The smallest absolute Gasteiger partial charge is 0.338 e. The van der Waals surface area contributed by atoms with Crippen LogP contribution in [0.5, 0.6) is 0 Å². The molecule has 0 aliphatic carbocycles. The average Bonchev–Trinajstić information content (AvgIpc) is 2.52. The molecular weight excluding hydrogens is 204 g/mol. The van der Waals surface area contributed by atoms with E-state index in [2.05, 4.69) is 4.74 Å². The van der Waals surface area contributed by atoms with Crippen molar-refractivity contribution >= 4 is 11.8 Å². The summed E-state index contributed by atoms with van der Waals surface area (Å²) >= 11 is 0. The first kappa shape index (κ1) is 12.1. The second-order valence-electron chi connectivity index (χ2n) is 3.62. The highest BCUT2D eigenvalue weighted by atomic mass is 16.8. The molecule has 0 saturated carbocycles. The average molecular weight is 218 g/mol. The van der Waals surface area contributed by atoms with Crippen molar-refractivity contribution in [2.24, 2.45) is 0 Å². The van der Waals surface area contributed by atoms with Crippen LogP contribution >= 0.6 is 0 Å². The Morgan fingerprint density at radius 2 is 1.87 bits per heavy atom. The fraction of sp³-hybridized carbons (Fsp3) is 0.778. The number of carbonyl (C=O) groups is 2. The summed E-state index contributed by atoms with van der Waals surface area (Å²) in [6.07, 6.45) is -2.21. The molecule has 0 aromatic heterocycles. The first-order chi connectivity index (χ1) is 6.91. The lowest BCUT2D eigenvalue weighted by molar-refractivity contribution is -0.168. The van der Waals surface area contributed by atoms with E-state index >= 15 is 0 Å². The number of hydrogen-bond acceptors (Lipinski definition) is 6. The number of rotatable bonds is 3. The molecule has 1 N–H and O–H groups in total. The number of carbonyl (C=O) groups excluding carboxylic acids is 2. The molecule has 0 radical (unpaired) electrons. The van der Waals surface area contributed by atoms with E-state index in [4.69, 9.17) is 14.6 Å². The summed E-state index contributed by atoms with van der Waals surface area (Å²) in [5.41, 5.74) is 0. The van der Waals surface area contributed by atoms with Crippen LogP contribution in [0.4, 0.5) is 0 Å². The molecule has 0 aromatic rings. The lowest BCUT2D eigenvalue weighted by atomic mass is 10.1. The summed E-state index contributed by atoms with van der Waals surface area (Å²) in [5, 5.41) is 8.70. The van der Waals surface area contributed by atoms with Gasteiger partial charge in [-0.1, -0.05) is 0 Å². The number of esters is 1. The summed E-state index contributed by atoms with van der Waals surface area (Å²) in [5.74, 6) is -2.32. The van der Waals surface area contributed by atoms with Gasteiger partial charge in [-0.3, -0.25) is 4.79 Å². The number of ketones is 1. The molecule has 2 atom stereocenters. The maximum absolute atomic E-state index is 11.3. The summed E-state index contributed by atoms with van der Waals surface area (Å²) in [6, 6.07) is 0. The summed E-state index contributed by atoms with van der Waals surface area (Å²) in [7, 11) is 1.19. The fourth-order valence-corrected chi connectivity index (χ4v) is 1.38. The highest BCUT2D eigenvalue weighted by Gasteiger charge is 2.49. The van der Waals surface area contributed by atoms with Gasteiger partial charge in [0.25, 0.3) is 0 Å². The van der Waals surface area contributed by atoms with Gasteiger partial charge in [-0.2, -0.15) is 0 Å². The highest BCUT2D eigenvalue weighted by Crippen LogP contribution is 2.29. The van der Waals surface area contributed by atoms with Gasteiger partial charge in [0, 0.05) is 0 Å². The molecule has 1 unspecified atom stereocenters. The van der Waals surface area contributed by atoms with Gasteiger partial charge < -0.3 is 19.3 Å². The Labute approximate surface area is 87.1 Å². The van der Waals surface area contributed by atoms with E-state index in [-0.39, 0.29) is 0 Å². The summed E-state index contributed by atoms with van der Waals surface area (Å²) < 4.78 is 14.9. The van der Waals surface area contributed by atoms with Gasteiger partial charge in [0.1, 0.15) is 6.61 Å². The first-order valence-electron chi connectivity index (χ1n) is 4.48. The van der Waals surface area contributed by atoms with Crippen LogP contribution in [0.1, 0.15) is 13.8 Å². The number of ether oxygens (including phenoxy) is 3. The van der Waals surface area contributed by atoms with Gasteiger partial charge >= 0.3 is 5.97 Å². The quantitative estimate of drug-likeness (QED) is 0.627.